The predicted molar refractivity (Wildman–Crippen MR) is 81.6 cm³/mol. The number of hydrogen-bond acceptors (Lipinski definition) is 4. The van der Waals surface area contributed by atoms with Gasteiger partial charge in [-0.1, -0.05) is 20.8 Å². The van der Waals surface area contributed by atoms with E-state index < -0.39 is 0 Å². The Morgan fingerprint density at radius 3 is 2.37 bits per heavy atom. The van der Waals surface area contributed by atoms with Crippen LogP contribution in [0.4, 0.5) is 0 Å². The molecule has 1 saturated heterocycles. The van der Waals surface area contributed by atoms with Crippen molar-refractivity contribution in [2.75, 3.05) is 45.1 Å². The predicted octanol–water partition coefficient (Wildman–Crippen LogP) is 1.43. The number of carbonyl (C=O) groups is 1. The number of β-amino-alcohol motifs (C(OH)–C–C–N with tert-alkyl or cyclic N) is 1. The molecule has 1 N–H and O–H groups in total. The van der Waals surface area contributed by atoms with Crippen molar-refractivity contribution in [3.8, 4) is 0 Å². The molecule has 0 aromatic carbocycles. The average Bonchev–Trinajstić information content (AvgIpc) is 2.34. The van der Waals surface area contributed by atoms with E-state index in [1.165, 1.54) is 0 Å². The van der Waals surface area contributed by atoms with Crippen LogP contribution in [0, 0.1) is 0 Å². The third kappa shape index (κ3) is 7.18. The van der Waals surface area contributed by atoms with E-state index in [1.54, 1.807) is 0 Å². The van der Waals surface area contributed by atoms with Gasteiger partial charge >= 0.3 is 0 Å². The topological polar surface area (TPSA) is 43.8 Å². The van der Waals surface area contributed by atoms with Crippen LogP contribution in [0.2, 0.25) is 0 Å². The second-order valence-corrected chi connectivity index (χ2v) is 7.93. The number of rotatable bonds is 6. The molecule has 0 atom stereocenters. The van der Waals surface area contributed by atoms with Crippen LogP contribution in [0.25, 0.3) is 0 Å². The quantitative estimate of drug-likeness (QED) is 0.751. The monoisotopic (exact) mass is 288 g/mol. The van der Waals surface area contributed by atoms with Crippen molar-refractivity contribution >= 4 is 17.7 Å². The van der Waals surface area contributed by atoms with Crippen LogP contribution in [0.1, 0.15) is 33.6 Å². The summed E-state index contributed by atoms with van der Waals surface area (Å²) in [6, 6.07) is 0. The van der Waals surface area contributed by atoms with Gasteiger partial charge in [-0.25, -0.2) is 0 Å². The Kier molecular flexibility index (Phi) is 7.18. The first-order chi connectivity index (χ1) is 8.92. The van der Waals surface area contributed by atoms with Gasteiger partial charge in [0.25, 0.3) is 0 Å². The molecule has 0 bridgehead atoms. The van der Waals surface area contributed by atoms with E-state index in [-0.39, 0.29) is 12.5 Å². The Morgan fingerprint density at radius 2 is 1.84 bits per heavy atom. The molecule has 1 aliphatic rings. The van der Waals surface area contributed by atoms with E-state index >= 15 is 0 Å². The molecule has 1 amide bonds. The third-order valence-corrected chi connectivity index (χ3v) is 4.57. The minimum Gasteiger partial charge on any atom is -0.395 e. The first-order valence-corrected chi connectivity index (χ1v) is 8.16. The maximum Gasteiger partial charge on any atom is 0.222 e. The number of carbonyl (C=O) groups excluding carboxylic acids is 1. The smallest absolute Gasteiger partial charge is 0.222 e. The van der Waals surface area contributed by atoms with Crippen LogP contribution in [-0.4, -0.2) is 70.6 Å². The lowest BCUT2D eigenvalue weighted by Gasteiger charge is -2.34. The second kappa shape index (κ2) is 8.12. The average molecular weight is 288 g/mol. The molecular weight excluding hydrogens is 260 g/mol. The Labute approximate surface area is 121 Å². The van der Waals surface area contributed by atoms with Crippen molar-refractivity contribution in [1.82, 2.24) is 9.80 Å². The first-order valence-electron chi connectivity index (χ1n) is 7.17. The molecule has 1 aliphatic heterocycles. The summed E-state index contributed by atoms with van der Waals surface area (Å²) in [5.41, 5.74) is 0. The molecule has 1 rings (SSSR count). The fraction of sp³-hybridized carbons (Fsp3) is 0.929. The van der Waals surface area contributed by atoms with Crippen molar-refractivity contribution in [2.24, 2.45) is 0 Å². The molecule has 0 aromatic heterocycles. The highest BCUT2D eigenvalue weighted by Crippen LogP contribution is 2.24. The number of piperazine rings is 1. The van der Waals surface area contributed by atoms with Crippen LogP contribution in [0.15, 0.2) is 0 Å². The van der Waals surface area contributed by atoms with Crippen LogP contribution in [0.3, 0.4) is 0 Å². The third-order valence-electron chi connectivity index (χ3n) is 3.21. The SMILES string of the molecule is CC(C)(C)SCCCC(=O)N1CCN(CCO)CC1. The fourth-order valence-electron chi connectivity index (χ4n) is 2.12. The summed E-state index contributed by atoms with van der Waals surface area (Å²) >= 11 is 1.92. The molecule has 0 unspecified atom stereocenters. The molecule has 19 heavy (non-hydrogen) atoms. The maximum absolute atomic E-state index is 12.0. The summed E-state index contributed by atoms with van der Waals surface area (Å²) in [5.74, 6) is 1.35. The molecule has 5 heteroatoms. The molecule has 112 valence electrons. The van der Waals surface area contributed by atoms with Crippen molar-refractivity contribution < 1.29 is 9.90 Å². The highest BCUT2D eigenvalue weighted by molar-refractivity contribution is 8.00. The molecule has 0 aliphatic carbocycles. The minimum absolute atomic E-state index is 0.206. The molecular formula is C14H28N2O2S. The molecule has 0 aromatic rings. The Hall–Kier alpha value is -0.260. The molecule has 4 nitrogen and oxygen atoms in total. The van der Waals surface area contributed by atoms with Gasteiger partial charge in [-0.05, 0) is 12.2 Å². The van der Waals surface area contributed by atoms with Crippen molar-refractivity contribution in [1.29, 1.82) is 0 Å². The number of thioether (sulfide) groups is 1. The molecule has 0 spiro atoms. The van der Waals surface area contributed by atoms with Gasteiger partial charge in [0.2, 0.25) is 5.91 Å². The van der Waals surface area contributed by atoms with E-state index in [0.29, 0.717) is 11.2 Å². The van der Waals surface area contributed by atoms with E-state index in [4.69, 9.17) is 5.11 Å². The minimum atomic E-state index is 0.206. The fourth-order valence-corrected chi connectivity index (χ4v) is 3.02. The van der Waals surface area contributed by atoms with Gasteiger partial charge in [0.1, 0.15) is 0 Å². The summed E-state index contributed by atoms with van der Waals surface area (Å²) < 4.78 is 0.291. The summed E-state index contributed by atoms with van der Waals surface area (Å²) in [6.07, 6.45) is 1.64. The molecule has 0 radical (unpaired) electrons. The lowest BCUT2D eigenvalue weighted by Crippen LogP contribution is -2.49. The Morgan fingerprint density at radius 1 is 1.21 bits per heavy atom. The number of nitrogens with zero attached hydrogens (tertiary/aromatic N) is 2. The second-order valence-electron chi connectivity index (χ2n) is 6.01. The zero-order chi connectivity index (χ0) is 14.3. The van der Waals surface area contributed by atoms with Crippen molar-refractivity contribution in [3.05, 3.63) is 0 Å². The number of aliphatic hydroxyl groups excluding tert-OH is 1. The van der Waals surface area contributed by atoms with Crippen molar-refractivity contribution in [3.63, 3.8) is 0 Å². The van der Waals surface area contributed by atoms with Crippen LogP contribution in [-0.2, 0) is 4.79 Å². The zero-order valence-electron chi connectivity index (χ0n) is 12.5. The number of amides is 1. The van der Waals surface area contributed by atoms with E-state index in [1.807, 2.05) is 16.7 Å². The van der Waals surface area contributed by atoms with Crippen LogP contribution >= 0.6 is 11.8 Å². The zero-order valence-corrected chi connectivity index (χ0v) is 13.3. The standard InChI is InChI=1S/C14H28N2O2S/c1-14(2,3)19-12-4-5-13(18)16-8-6-15(7-9-16)10-11-17/h17H,4-12H2,1-3H3. The van der Waals surface area contributed by atoms with Gasteiger partial charge in [-0.15, -0.1) is 0 Å². The summed E-state index contributed by atoms with van der Waals surface area (Å²) in [5, 5.41) is 8.88. The highest BCUT2D eigenvalue weighted by atomic mass is 32.2. The van der Waals surface area contributed by atoms with E-state index in [9.17, 15) is 4.79 Å². The van der Waals surface area contributed by atoms with Crippen LogP contribution in [0.5, 0.6) is 0 Å². The summed E-state index contributed by atoms with van der Waals surface area (Å²) in [4.78, 5) is 16.2. The van der Waals surface area contributed by atoms with Gasteiger partial charge in [0.05, 0.1) is 6.61 Å². The number of hydrogen-bond donors (Lipinski definition) is 1. The molecule has 1 heterocycles. The molecule has 1 fully saturated rings. The van der Waals surface area contributed by atoms with Gasteiger partial charge in [-0.3, -0.25) is 9.69 Å². The summed E-state index contributed by atoms with van der Waals surface area (Å²) in [6.45, 7) is 11.0. The van der Waals surface area contributed by atoms with Crippen molar-refractivity contribution in [2.45, 2.75) is 38.4 Å². The lowest BCUT2D eigenvalue weighted by molar-refractivity contribution is -0.133. The normalized spacial score (nSPS) is 17.8. The summed E-state index contributed by atoms with van der Waals surface area (Å²) in [7, 11) is 0. The number of aliphatic hydroxyl groups is 1. The first kappa shape index (κ1) is 16.8. The maximum atomic E-state index is 12.0. The Balaban J connectivity index is 2.14. The van der Waals surface area contributed by atoms with E-state index in [0.717, 1.165) is 44.9 Å². The molecule has 0 saturated carbocycles. The lowest BCUT2D eigenvalue weighted by atomic mass is 10.2. The van der Waals surface area contributed by atoms with Gasteiger partial charge in [0, 0.05) is 43.9 Å². The van der Waals surface area contributed by atoms with Crippen LogP contribution < -0.4 is 0 Å². The Bertz CT molecular complexity index is 271. The van der Waals surface area contributed by atoms with E-state index in [2.05, 4.69) is 25.7 Å². The van der Waals surface area contributed by atoms with Gasteiger partial charge in [-0.2, -0.15) is 11.8 Å². The van der Waals surface area contributed by atoms with Gasteiger partial charge in [0.15, 0.2) is 0 Å². The van der Waals surface area contributed by atoms with Gasteiger partial charge < -0.3 is 10.0 Å². The largest absolute Gasteiger partial charge is 0.395 e. The highest BCUT2D eigenvalue weighted by Gasteiger charge is 2.20.